The molecule has 1 saturated heterocycles. The number of nitrogens with zero attached hydrogens (tertiary/aromatic N) is 1. The Labute approximate surface area is 117 Å². The summed E-state index contributed by atoms with van der Waals surface area (Å²) < 4.78 is 11.4. The van der Waals surface area contributed by atoms with Crippen LogP contribution >= 0.6 is 0 Å². The van der Waals surface area contributed by atoms with E-state index in [0.717, 1.165) is 45.9 Å². The fraction of sp³-hybridized carbons (Fsp3) is 0.750. The van der Waals surface area contributed by atoms with Crippen LogP contribution in [0.1, 0.15) is 26.7 Å². The van der Waals surface area contributed by atoms with Crippen molar-refractivity contribution in [2.45, 2.75) is 32.8 Å². The van der Waals surface area contributed by atoms with E-state index in [-0.39, 0.29) is 6.10 Å². The highest BCUT2D eigenvalue weighted by Gasteiger charge is 2.21. The van der Waals surface area contributed by atoms with Gasteiger partial charge < -0.3 is 9.47 Å². The van der Waals surface area contributed by atoms with E-state index in [0.29, 0.717) is 5.92 Å². The maximum atomic E-state index is 5.76. The lowest BCUT2D eigenvalue weighted by Gasteiger charge is -2.33. The van der Waals surface area contributed by atoms with Gasteiger partial charge in [0.25, 0.3) is 0 Å². The third kappa shape index (κ3) is 5.09. The van der Waals surface area contributed by atoms with Gasteiger partial charge in [0, 0.05) is 26.2 Å². The molecule has 1 aliphatic carbocycles. The molecule has 2 aliphatic rings. The molecule has 0 saturated carbocycles. The molecule has 0 aromatic rings. The molecule has 19 heavy (non-hydrogen) atoms. The number of ether oxygens (including phenoxy) is 2. The average Bonchev–Trinajstić information content (AvgIpc) is 2.39. The van der Waals surface area contributed by atoms with Crippen LogP contribution in [-0.2, 0) is 9.47 Å². The van der Waals surface area contributed by atoms with Crippen LogP contribution in [0.25, 0.3) is 0 Å². The van der Waals surface area contributed by atoms with E-state index in [1.54, 1.807) is 0 Å². The van der Waals surface area contributed by atoms with Gasteiger partial charge in [-0.05, 0) is 24.3 Å². The summed E-state index contributed by atoms with van der Waals surface area (Å²) in [5, 5.41) is 0. The number of morpholine rings is 1. The Morgan fingerprint density at radius 1 is 1.47 bits per heavy atom. The largest absolute Gasteiger partial charge is 0.379 e. The zero-order valence-corrected chi connectivity index (χ0v) is 12.3. The number of allylic oxidation sites excluding steroid dienone is 2. The first-order valence-electron chi connectivity index (χ1n) is 7.57. The minimum atomic E-state index is 0.242. The van der Waals surface area contributed by atoms with Crippen molar-refractivity contribution >= 4 is 0 Å². The van der Waals surface area contributed by atoms with Crippen LogP contribution in [-0.4, -0.2) is 50.5 Å². The quantitative estimate of drug-likeness (QED) is 0.689. The molecule has 0 aromatic carbocycles. The van der Waals surface area contributed by atoms with E-state index >= 15 is 0 Å². The molecule has 0 N–H and O–H groups in total. The van der Waals surface area contributed by atoms with Crippen molar-refractivity contribution in [2.24, 2.45) is 5.92 Å². The second-order valence-corrected chi connectivity index (χ2v) is 5.66. The van der Waals surface area contributed by atoms with Gasteiger partial charge in [-0.2, -0.15) is 0 Å². The van der Waals surface area contributed by atoms with Gasteiger partial charge in [0.1, 0.15) is 0 Å². The molecule has 0 bridgehead atoms. The molecule has 3 nitrogen and oxygen atoms in total. The Morgan fingerprint density at radius 3 is 3.16 bits per heavy atom. The molecule has 1 fully saturated rings. The summed E-state index contributed by atoms with van der Waals surface area (Å²) in [5.41, 5.74) is 1.45. The first-order valence-corrected chi connectivity index (χ1v) is 7.57. The van der Waals surface area contributed by atoms with Crippen molar-refractivity contribution in [1.82, 2.24) is 4.90 Å². The van der Waals surface area contributed by atoms with Crippen molar-refractivity contribution in [3.05, 3.63) is 23.8 Å². The van der Waals surface area contributed by atoms with Gasteiger partial charge in [0.15, 0.2) is 0 Å². The zero-order chi connectivity index (χ0) is 13.5. The van der Waals surface area contributed by atoms with Crippen LogP contribution in [0.5, 0.6) is 0 Å². The van der Waals surface area contributed by atoms with Crippen molar-refractivity contribution in [3.63, 3.8) is 0 Å². The van der Waals surface area contributed by atoms with Crippen LogP contribution < -0.4 is 0 Å². The molecule has 2 rings (SSSR count). The van der Waals surface area contributed by atoms with Crippen LogP contribution in [0.15, 0.2) is 23.8 Å². The summed E-state index contributed by atoms with van der Waals surface area (Å²) in [4.78, 5) is 2.48. The van der Waals surface area contributed by atoms with Crippen molar-refractivity contribution in [2.75, 3.05) is 39.5 Å². The van der Waals surface area contributed by atoms with Gasteiger partial charge in [0.2, 0.25) is 0 Å². The van der Waals surface area contributed by atoms with Crippen molar-refractivity contribution < 1.29 is 9.47 Å². The van der Waals surface area contributed by atoms with Gasteiger partial charge >= 0.3 is 0 Å². The van der Waals surface area contributed by atoms with E-state index in [2.05, 4.69) is 37.0 Å². The van der Waals surface area contributed by atoms with Gasteiger partial charge in [-0.25, -0.2) is 0 Å². The van der Waals surface area contributed by atoms with Crippen LogP contribution in [0.2, 0.25) is 0 Å². The summed E-state index contributed by atoms with van der Waals surface area (Å²) in [5.74, 6) is 0.685. The molecule has 0 amide bonds. The Kier molecular flexibility index (Phi) is 6.08. The lowest BCUT2D eigenvalue weighted by atomic mass is 9.97. The summed E-state index contributed by atoms with van der Waals surface area (Å²) in [6.07, 6.45) is 9.47. The fourth-order valence-electron chi connectivity index (χ4n) is 2.67. The molecular formula is C16H27NO2. The first-order chi connectivity index (χ1) is 9.28. The van der Waals surface area contributed by atoms with Gasteiger partial charge in [0.05, 0.1) is 19.3 Å². The van der Waals surface area contributed by atoms with Gasteiger partial charge in [-0.1, -0.05) is 32.1 Å². The molecule has 1 aliphatic heterocycles. The monoisotopic (exact) mass is 265 g/mol. The minimum absolute atomic E-state index is 0.242. The molecule has 1 unspecified atom stereocenters. The van der Waals surface area contributed by atoms with Crippen molar-refractivity contribution in [3.8, 4) is 0 Å². The predicted octanol–water partition coefficient (Wildman–Crippen LogP) is 2.64. The number of rotatable bonds is 6. The van der Waals surface area contributed by atoms with Crippen LogP contribution in [0.4, 0.5) is 0 Å². The Hall–Kier alpha value is -0.640. The van der Waals surface area contributed by atoms with E-state index in [9.17, 15) is 0 Å². The predicted molar refractivity (Wildman–Crippen MR) is 78.3 cm³/mol. The summed E-state index contributed by atoms with van der Waals surface area (Å²) >= 11 is 0. The molecule has 1 heterocycles. The zero-order valence-electron chi connectivity index (χ0n) is 12.3. The topological polar surface area (TPSA) is 21.7 Å². The lowest BCUT2D eigenvalue weighted by molar-refractivity contribution is -0.0667. The van der Waals surface area contributed by atoms with E-state index < -0.39 is 0 Å². The molecule has 0 radical (unpaired) electrons. The third-order valence-corrected chi connectivity index (χ3v) is 3.62. The molecule has 0 aromatic heterocycles. The first kappa shape index (κ1) is 14.8. The fourth-order valence-corrected chi connectivity index (χ4v) is 2.67. The van der Waals surface area contributed by atoms with Gasteiger partial charge in [-0.15, -0.1) is 0 Å². The second-order valence-electron chi connectivity index (χ2n) is 5.66. The maximum absolute atomic E-state index is 5.76. The van der Waals surface area contributed by atoms with E-state index in [1.165, 1.54) is 12.0 Å². The third-order valence-electron chi connectivity index (χ3n) is 3.62. The van der Waals surface area contributed by atoms with Crippen LogP contribution in [0.3, 0.4) is 0 Å². The summed E-state index contributed by atoms with van der Waals surface area (Å²) in [7, 11) is 0. The summed E-state index contributed by atoms with van der Waals surface area (Å²) in [6.45, 7) is 9.89. The van der Waals surface area contributed by atoms with E-state index in [4.69, 9.17) is 9.47 Å². The standard InChI is InChI=1S/C16H27NO2/c1-3-8-18-13-16-12-17(7-9-19-16)11-15-6-4-5-14(2)10-15/h4,6,10,14,16H,3,5,7-9,11-13H2,1-2H3/t14-,16?/m0/s1. The lowest BCUT2D eigenvalue weighted by Crippen LogP contribution is -2.45. The van der Waals surface area contributed by atoms with Gasteiger partial charge in [-0.3, -0.25) is 4.90 Å². The highest BCUT2D eigenvalue weighted by Crippen LogP contribution is 2.18. The average molecular weight is 265 g/mol. The molecular weight excluding hydrogens is 238 g/mol. The number of hydrogen-bond acceptors (Lipinski definition) is 3. The summed E-state index contributed by atoms with van der Waals surface area (Å²) in [6, 6.07) is 0. The molecule has 108 valence electrons. The highest BCUT2D eigenvalue weighted by atomic mass is 16.5. The Bertz CT molecular complexity index is 325. The Morgan fingerprint density at radius 2 is 2.37 bits per heavy atom. The SMILES string of the molecule is CCCOCC1CN(CC2=C[C@@H](C)CC=C2)CCO1. The van der Waals surface area contributed by atoms with Crippen molar-refractivity contribution in [1.29, 1.82) is 0 Å². The molecule has 0 spiro atoms. The van der Waals surface area contributed by atoms with E-state index in [1.807, 2.05) is 0 Å². The Balaban J connectivity index is 1.76. The van der Waals surface area contributed by atoms with Crippen LogP contribution in [0, 0.1) is 5.92 Å². The second kappa shape index (κ2) is 7.83. The molecule has 2 atom stereocenters. The number of hydrogen-bond donors (Lipinski definition) is 0. The highest BCUT2D eigenvalue weighted by molar-refractivity contribution is 5.25. The minimum Gasteiger partial charge on any atom is -0.379 e. The molecule has 3 heteroatoms. The normalized spacial score (nSPS) is 28.4. The smallest absolute Gasteiger partial charge is 0.0935 e. The maximum Gasteiger partial charge on any atom is 0.0935 e.